The molecule has 3 aromatic rings. The van der Waals surface area contributed by atoms with E-state index in [9.17, 15) is 0 Å². The summed E-state index contributed by atoms with van der Waals surface area (Å²) in [7, 11) is 0. The first kappa shape index (κ1) is 18.1. The van der Waals surface area contributed by atoms with Crippen LogP contribution in [0.2, 0.25) is 5.02 Å². The molecule has 0 saturated carbocycles. The predicted molar refractivity (Wildman–Crippen MR) is 111 cm³/mol. The molecule has 1 aliphatic rings. The fourth-order valence-corrected chi connectivity index (χ4v) is 3.74. The smallest absolute Gasteiger partial charge is 0.129 e. The van der Waals surface area contributed by atoms with Gasteiger partial charge in [0.1, 0.15) is 5.82 Å². The van der Waals surface area contributed by atoms with Gasteiger partial charge in [-0.05, 0) is 24.6 Å². The summed E-state index contributed by atoms with van der Waals surface area (Å²) in [4.78, 5) is 12.2. The first-order valence-electron chi connectivity index (χ1n) is 9.55. The van der Waals surface area contributed by atoms with E-state index in [2.05, 4.69) is 55.1 Å². The fourth-order valence-electron chi connectivity index (χ4n) is 3.61. The molecule has 1 aromatic heterocycles. The van der Waals surface area contributed by atoms with E-state index in [0.717, 1.165) is 54.6 Å². The standard InChI is InChI=1S/C23H24ClN3/c1-3-22-25-21-12-13-27(14-17-6-4-16(2)5-7-17)15-20(21)23(26-22)18-8-10-19(24)11-9-18/h4-11H,3,12-15H2,1-2H3. The summed E-state index contributed by atoms with van der Waals surface area (Å²) in [5.41, 5.74) is 7.28. The maximum Gasteiger partial charge on any atom is 0.129 e. The third-order valence-electron chi connectivity index (χ3n) is 5.15. The number of hydrogen-bond acceptors (Lipinski definition) is 3. The van der Waals surface area contributed by atoms with Gasteiger partial charge >= 0.3 is 0 Å². The summed E-state index contributed by atoms with van der Waals surface area (Å²) in [6.45, 7) is 7.10. The van der Waals surface area contributed by atoms with Gasteiger partial charge in [0.2, 0.25) is 0 Å². The Kier molecular flexibility index (Phi) is 5.24. The molecule has 2 heterocycles. The van der Waals surface area contributed by atoms with Crippen molar-refractivity contribution >= 4 is 11.6 Å². The van der Waals surface area contributed by atoms with Crippen LogP contribution in [0.1, 0.15) is 35.1 Å². The number of rotatable bonds is 4. The van der Waals surface area contributed by atoms with E-state index in [1.807, 2.05) is 12.1 Å². The highest BCUT2D eigenvalue weighted by molar-refractivity contribution is 6.30. The number of aryl methyl sites for hydroxylation is 2. The van der Waals surface area contributed by atoms with E-state index in [4.69, 9.17) is 21.6 Å². The zero-order valence-electron chi connectivity index (χ0n) is 15.9. The summed E-state index contributed by atoms with van der Waals surface area (Å²) in [5.74, 6) is 0.922. The monoisotopic (exact) mass is 377 g/mol. The maximum absolute atomic E-state index is 6.08. The number of benzene rings is 2. The minimum atomic E-state index is 0.749. The lowest BCUT2D eigenvalue weighted by Crippen LogP contribution is -2.31. The molecule has 0 atom stereocenters. The van der Waals surface area contributed by atoms with Gasteiger partial charge in [-0.3, -0.25) is 4.90 Å². The van der Waals surface area contributed by atoms with Crippen LogP contribution in [0.4, 0.5) is 0 Å². The molecule has 0 bridgehead atoms. The van der Waals surface area contributed by atoms with Gasteiger partial charge in [-0.25, -0.2) is 9.97 Å². The van der Waals surface area contributed by atoms with Crippen molar-refractivity contribution in [1.82, 2.24) is 14.9 Å². The van der Waals surface area contributed by atoms with E-state index in [1.54, 1.807) is 0 Å². The molecule has 0 saturated heterocycles. The van der Waals surface area contributed by atoms with E-state index in [-0.39, 0.29) is 0 Å². The molecular formula is C23H24ClN3. The highest BCUT2D eigenvalue weighted by Crippen LogP contribution is 2.30. The lowest BCUT2D eigenvalue weighted by Gasteiger charge is -2.29. The van der Waals surface area contributed by atoms with Gasteiger partial charge in [0.25, 0.3) is 0 Å². The summed E-state index contributed by atoms with van der Waals surface area (Å²) in [6.07, 6.45) is 1.82. The van der Waals surface area contributed by atoms with Crippen molar-refractivity contribution in [3.8, 4) is 11.3 Å². The van der Waals surface area contributed by atoms with Gasteiger partial charge in [0, 0.05) is 48.6 Å². The summed E-state index contributed by atoms with van der Waals surface area (Å²) < 4.78 is 0. The Bertz CT molecular complexity index is 933. The lowest BCUT2D eigenvalue weighted by atomic mass is 9.98. The molecule has 0 spiro atoms. The molecule has 0 aliphatic carbocycles. The van der Waals surface area contributed by atoms with Crippen molar-refractivity contribution in [2.24, 2.45) is 0 Å². The third-order valence-corrected chi connectivity index (χ3v) is 5.40. The minimum Gasteiger partial charge on any atom is -0.294 e. The Labute approximate surface area is 166 Å². The highest BCUT2D eigenvalue weighted by atomic mass is 35.5. The van der Waals surface area contributed by atoms with Gasteiger partial charge in [-0.15, -0.1) is 0 Å². The Morgan fingerprint density at radius 3 is 2.44 bits per heavy atom. The average molecular weight is 378 g/mol. The third kappa shape index (κ3) is 4.05. The quantitative estimate of drug-likeness (QED) is 0.623. The molecule has 4 rings (SSSR count). The van der Waals surface area contributed by atoms with Crippen molar-refractivity contribution in [3.05, 3.63) is 81.8 Å². The molecule has 2 aromatic carbocycles. The van der Waals surface area contributed by atoms with Crippen LogP contribution in [0.5, 0.6) is 0 Å². The Morgan fingerprint density at radius 2 is 1.74 bits per heavy atom. The van der Waals surface area contributed by atoms with Gasteiger partial charge in [-0.2, -0.15) is 0 Å². The van der Waals surface area contributed by atoms with Crippen LogP contribution in [0.3, 0.4) is 0 Å². The number of aromatic nitrogens is 2. The second kappa shape index (κ2) is 7.79. The zero-order chi connectivity index (χ0) is 18.8. The van der Waals surface area contributed by atoms with Gasteiger partial charge in [-0.1, -0.05) is 60.5 Å². The van der Waals surface area contributed by atoms with Gasteiger partial charge in [0.15, 0.2) is 0 Å². The first-order valence-corrected chi connectivity index (χ1v) is 9.92. The summed E-state index contributed by atoms with van der Waals surface area (Å²) in [6, 6.07) is 16.8. The van der Waals surface area contributed by atoms with Crippen molar-refractivity contribution < 1.29 is 0 Å². The first-order chi connectivity index (χ1) is 13.1. The number of nitrogens with zero attached hydrogens (tertiary/aromatic N) is 3. The van der Waals surface area contributed by atoms with E-state index >= 15 is 0 Å². The molecular weight excluding hydrogens is 354 g/mol. The van der Waals surface area contributed by atoms with Crippen molar-refractivity contribution in [2.75, 3.05) is 6.54 Å². The van der Waals surface area contributed by atoms with Crippen LogP contribution in [0.25, 0.3) is 11.3 Å². The van der Waals surface area contributed by atoms with Crippen LogP contribution in [0.15, 0.2) is 48.5 Å². The maximum atomic E-state index is 6.08. The van der Waals surface area contributed by atoms with Crippen molar-refractivity contribution in [1.29, 1.82) is 0 Å². The molecule has 1 aliphatic heterocycles. The van der Waals surface area contributed by atoms with Crippen LogP contribution in [0, 0.1) is 6.92 Å². The minimum absolute atomic E-state index is 0.749. The SMILES string of the molecule is CCc1nc2c(c(-c3ccc(Cl)cc3)n1)CN(Cc1ccc(C)cc1)CC2. The second-order valence-electron chi connectivity index (χ2n) is 7.22. The van der Waals surface area contributed by atoms with E-state index in [0.29, 0.717) is 0 Å². The van der Waals surface area contributed by atoms with Gasteiger partial charge in [0.05, 0.1) is 11.4 Å². The molecule has 4 heteroatoms. The molecule has 27 heavy (non-hydrogen) atoms. The Balaban J connectivity index is 1.66. The largest absolute Gasteiger partial charge is 0.294 e. The Hall–Kier alpha value is -2.23. The summed E-state index contributed by atoms with van der Waals surface area (Å²) in [5, 5.41) is 0.749. The molecule has 3 nitrogen and oxygen atoms in total. The van der Waals surface area contributed by atoms with Crippen LogP contribution in [-0.2, 0) is 25.9 Å². The van der Waals surface area contributed by atoms with Crippen LogP contribution in [-0.4, -0.2) is 21.4 Å². The molecule has 0 radical (unpaired) electrons. The Morgan fingerprint density at radius 1 is 1.00 bits per heavy atom. The summed E-state index contributed by atoms with van der Waals surface area (Å²) >= 11 is 6.08. The molecule has 138 valence electrons. The fraction of sp³-hybridized carbons (Fsp3) is 0.304. The molecule has 0 amide bonds. The van der Waals surface area contributed by atoms with Crippen molar-refractivity contribution in [2.45, 2.75) is 39.8 Å². The number of fused-ring (bicyclic) bond motifs is 1. The number of halogens is 1. The zero-order valence-corrected chi connectivity index (χ0v) is 16.6. The van der Waals surface area contributed by atoms with E-state index < -0.39 is 0 Å². The van der Waals surface area contributed by atoms with Gasteiger partial charge < -0.3 is 0 Å². The lowest BCUT2D eigenvalue weighted by molar-refractivity contribution is 0.243. The average Bonchev–Trinajstić information content (AvgIpc) is 2.69. The second-order valence-corrected chi connectivity index (χ2v) is 7.66. The predicted octanol–water partition coefficient (Wildman–Crippen LogP) is 5.23. The van der Waals surface area contributed by atoms with Crippen LogP contribution >= 0.6 is 11.6 Å². The topological polar surface area (TPSA) is 29.0 Å². The van der Waals surface area contributed by atoms with Crippen LogP contribution < -0.4 is 0 Å². The normalized spacial score (nSPS) is 14.2. The molecule has 0 fully saturated rings. The van der Waals surface area contributed by atoms with Crippen molar-refractivity contribution in [3.63, 3.8) is 0 Å². The van der Waals surface area contributed by atoms with E-state index in [1.165, 1.54) is 22.4 Å². The number of hydrogen-bond donors (Lipinski definition) is 0. The highest BCUT2D eigenvalue weighted by Gasteiger charge is 2.23. The molecule has 0 unspecified atom stereocenters. The molecule has 0 N–H and O–H groups in total.